The predicted molar refractivity (Wildman–Crippen MR) is 112 cm³/mol. The number of hydrogen-bond donors (Lipinski definition) is 3. The largest absolute Gasteiger partial charge is 0.340 e. The Kier molecular flexibility index (Phi) is 5.69. The Balaban J connectivity index is 1.75. The molecule has 0 saturated heterocycles. The van der Waals surface area contributed by atoms with Gasteiger partial charge in [-0.1, -0.05) is 18.2 Å². The number of rotatable bonds is 5. The number of nitrogens with one attached hydrogen (secondary N) is 3. The molecule has 0 aliphatic heterocycles. The molecule has 2 aromatic carbocycles. The molecular weight excluding hydrogens is 352 g/mol. The molecule has 6 heteroatoms. The second-order valence-corrected chi connectivity index (χ2v) is 6.52. The van der Waals surface area contributed by atoms with Crippen molar-refractivity contribution in [1.29, 1.82) is 0 Å². The summed E-state index contributed by atoms with van der Waals surface area (Å²) in [4.78, 5) is 28.1. The first kappa shape index (κ1) is 19.1. The summed E-state index contributed by atoms with van der Waals surface area (Å²) in [5, 5.41) is 8.80. The third-order valence-corrected chi connectivity index (χ3v) is 4.33. The van der Waals surface area contributed by atoms with Crippen molar-refractivity contribution in [3.63, 3.8) is 0 Å². The van der Waals surface area contributed by atoms with Crippen LogP contribution in [0.4, 0.5) is 22.9 Å². The lowest BCUT2D eigenvalue weighted by Gasteiger charge is -2.12. The minimum atomic E-state index is -0.258. The third kappa shape index (κ3) is 4.73. The summed E-state index contributed by atoms with van der Waals surface area (Å²) in [6.45, 7) is 5.52. The van der Waals surface area contributed by atoms with Crippen LogP contribution in [-0.2, 0) is 4.79 Å². The summed E-state index contributed by atoms with van der Waals surface area (Å²) in [6.07, 6.45) is 1.59. The van der Waals surface area contributed by atoms with Gasteiger partial charge in [0.1, 0.15) is 5.82 Å². The monoisotopic (exact) mass is 374 g/mol. The van der Waals surface area contributed by atoms with E-state index in [1.807, 2.05) is 32.0 Å². The number of aromatic nitrogens is 1. The van der Waals surface area contributed by atoms with E-state index in [1.54, 1.807) is 42.6 Å². The molecule has 0 bridgehead atoms. The van der Waals surface area contributed by atoms with Gasteiger partial charge >= 0.3 is 0 Å². The number of pyridine rings is 1. The van der Waals surface area contributed by atoms with Crippen LogP contribution in [0.25, 0.3) is 0 Å². The van der Waals surface area contributed by atoms with Crippen molar-refractivity contribution in [1.82, 2.24) is 4.98 Å². The zero-order valence-corrected chi connectivity index (χ0v) is 16.0. The molecule has 0 aliphatic rings. The van der Waals surface area contributed by atoms with Gasteiger partial charge in [-0.25, -0.2) is 4.98 Å². The summed E-state index contributed by atoms with van der Waals surface area (Å²) in [7, 11) is 0. The fraction of sp³-hybridized carbons (Fsp3) is 0.136. The van der Waals surface area contributed by atoms with Crippen molar-refractivity contribution in [2.45, 2.75) is 20.8 Å². The van der Waals surface area contributed by atoms with Crippen molar-refractivity contribution in [3.05, 3.63) is 77.5 Å². The van der Waals surface area contributed by atoms with Gasteiger partial charge in [0.05, 0.1) is 0 Å². The number of benzene rings is 2. The summed E-state index contributed by atoms with van der Waals surface area (Å²) in [6, 6.07) is 16.3. The van der Waals surface area contributed by atoms with Crippen molar-refractivity contribution >= 4 is 34.7 Å². The molecule has 3 aromatic rings. The van der Waals surface area contributed by atoms with E-state index < -0.39 is 0 Å². The van der Waals surface area contributed by atoms with E-state index in [2.05, 4.69) is 20.9 Å². The number of carbonyl (C=O) groups excluding carboxylic acids is 2. The lowest BCUT2D eigenvalue weighted by atomic mass is 10.1. The Morgan fingerprint density at radius 3 is 2.36 bits per heavy atom. The minimum absolute atomic E-state index is 0.167. The summed E-state index contributed by atoms with van der Waals surface area (Å²) < 4.78 is 0. The Hall–Kier alpha value is -3.67. The predicted octanol–water partition coefficient (Wildman–Crippen LogP) is 4.65. The van der Waals surface area contributed by atoms with Crippen molar-refractivity contribution in [2.24, 2.45) is 0 Å². The number of aryl methyl sites for hydroxylation is 1. The van der Waals surface area contributed by atoms with Crippen LogP contribution in [0.15, 0.2) is 60.8 Å². The first-order chi connectivity index (χ1) is 13.4. The number of nitrogens with zero attached hydrogens (tertiary/aromatic N) is 1. The van der Waals surface area contributed by atoms with Gasteiger partial charge in [0.15, 0.2) is 0 Å². The topological polar surface area (TPSA) is 83.1 Å². The highest BCUT2D eigenvalue weighted by Crippen LogP contribution is 2.22. The summed E-state index contributed by atoms with van der Waals surface area (Å²) >= 11 is 0. The van der Waals surface area contributed by atoms with Gasteiger partial charge < -0.3 is 16.0 Å². The first-order valence-corrected chi connectivity index (χ1v) is 8.90. The molecule has 0 atom stereocenters. The Morgan fingerprint density at radius 1 is 0.893 bits per heavy atom. The summed E-state index contributed by atoms with van der Waals surface area (Å²) in [5.74, 6) is 0.166. The molecule has 0 aliphatic carbocycles. The van der Waals surface area contributed by atoms with Crippen LogP contribution >= 0.6 is 0 Å². The van der Waals surface area contributed by atoms with Crippen LogP contribution in [0.3, 0.4) is 0 Å². The summed E-state index contributed by atoms with van der Waals surface area (Å²) in [5.41, 5.74) is 4.96. The van der Waals surface area contributed by atoms with E-state index in [4.69, 9.17) is 0 Å². The third-order valence-electron chi connectivity index (χ3n) is 4.33. The van der Waals surface area contributed by atoms with Gasteiger partial charge in [0.2, 0.25) is 5.91 Å². The van der Waals surface area contributed by atoms with E-state index in [9.17, 15) is 9.59 Å². The maximum absolute atomic E-state index is 12.6. The van der Waals surface area contributed by atoms with Crippen LogP contribution in [0.1, 0.15) is 28.4 Å². The second kappa shape index (κ2) is 8.35. The highest BCUT2D eigenvalue weighted by Gasteiger charge is 2.09. The van der Waals surface area contributed by atoms with Crippen molar-refractivity contribution in [2.75, 3.05) is 16.0 Å². The number of carbonyl (C=O) groups is 2. The van der Waals surface area contributed by atoms with Gasteiger partial charge in [-0.15, -0.1) is 0 Å². The molecule has 2 amide bonds. The van der Waals surface area contributed by atoms with Gasteiger partial charge in [-0.3, -0.25) is 9.59 Å². The average molecular weight is 374 g/mol. The van der Waals surface area contributed by atoms with Crippen molar-refractivity contribution in [3.8, 4) is 0 Å². The van der Waals surface area contributed by atoms with Crippen molar-refractivity contribution < 1.29 is 9.59 Å². The smallest absolute Gasteiger partial charge is 0.255 e. The van der Waals surface area contributed by atoms with Crippen LogP contribution in [-0.4, -0.2) is 16.8 Å². The van der Waals surface area contributed by atoms with Gasteiger partial charge in [-0.2, -0.15) is 0 Å². The molecule has 3 rings (SSSR count). The zero-order valence-electron chi connectivity index (χ0n) is 16.0. The number of hydrogen-bond acceptors (Lipinski definition) is 4. The average Bonchev–Trinajstić information content (AvgIpc) is 2.65. The van der Waals surface area contributed by atoms with Crippen LogP contribution in [0, 0.1) is 13.8 Å². The molecule has 3 N–H and O–H groups in total. The van der Waals surface area contributed by atoms with Gasteiger partial charge in [-0.05, 0) is 61.4 Å². The Labute approximate surface area is 164 Å². The maximum Gasteiger partial charge on any atom is 0.255 e. The van der Waals surface area contributed by atoms with E-state index >= 15 is 0 Å². The molecule has 0 fully saturated rings. The number of anilines is 4. The van der Waals surface area contributed by atoms with E-state index in [0.29, 0.717) is 22.8 Å². The molecule has 0 unspecified atom stereocenters. The molecule has 0 radical (unpaired) electrons. The second-order valence-electron chi connectivity index (χ2n) is 6.52. The van der Waals surface area contributed by atoms with Crippen LogP contribution in [0.5, 0.6) is 0 Å². The number of amides is 2. The van der Waals surface area contributed by atoms with E-state index in [0.717, 1.165) is 11.3 Å². The zero-order chi connectivity index (χ0) is 20.1. The Morgan fingerprint density at radius 2 is 1.61 bits per heavy atom. The highest BCUT2D eigenvalue weighted by atomic mass is 16.2. The molecule has 28 heavy (non-hydrogen) atoms. The van der Waals surface area contributed by atoms with Crippen LogP contribution in [0.2, 0.25) is 0 Å². The highest BCUT2D eigenvalue weighted by molar-refractivity contribution is 6.05. The van der Waals surface area contributed by atoms with Crippen LogP contribution < -0.4 is 16.0 Å². The fourth-order valence-electron chi connectivity index (χ4n) is 2.75. The Bertz CT molecular complexity index is 1030. The fourth-order valence-corrected chi connectivity index (χ4v) is 2.75. The standard InChI is InChI=1S/C22H22N4O2/c1-14-6-4-9-20(15(14)2)26-21-12-17(10-11-23-21)22(28)25-19-8-5-7-18(13-19)24-16(3)27/h4-13H,1-3H3,(H,23,26)(H,24,27)(H,25,28). The van der Waals surface area contributed by atoms with Gasteiger partial charge in [0, 0.05) is 35.7 Å². The maximum atomic E-state index is 12.6. The molecule has 142 valence electrons. The van der Waals surface area contributed by atoms with E-state index in [1.165, 1.54) is 12.5 Å². The normalized spacial score (nSPS) is 10.2. The quantitative estimate of drug-likeness (QED) is 0.607. The lowest BCUT2D eigenvalue weighted by Crippen LogP contribution is -2.13. The molecule has 1 heterocycles. The SMILES string of the molecule is CC(=O)Nc1cccc(NC(=O)c2ccnc(Nc3cccc(C)c3C)c2)c1. The lowest BCUT2D eigenvalue weighted by molar-refractivity contribution is -0.114. The first-order valence-electron chi connectivity index (χ1n) is 8.90. The molecule has 1 aromatic heterocycles. The molecular formula is C22H22N4O2. The van der Waals surface area contributed by atoms with Gasteiger partial charge in [0.25, 0.3) is 5.91 Å². The molecule has 0 spiro atoms. The minimum Gasteiger partial charge on any atom is -0.340 e. The molecule has 6 nitrogen and oxygen atoms in total. The molecule has 0 saturated carbocycles. The van der Waals surface area contributed by atoms with E-state index in [-0.39, 0.29) is 11.8 Å².